The number of hydrogen-bond acceptors (Lipinski definition) is 5. The average Bonchev–Trinajstić information content (AvgIpc) is 2.83. The van der Waals surface area contributed by atoms with Gasteiger partial charge in [-0.15, -0.1) is 0 Å². The summed E-state index contributed by atoms with van der Waals surface area (Å²) in [7, 11) is 0. The molecule has 2 aliphatic heterocycles. The van der Waals surface area contributed by atoms with Gasteiger partial charge in [0.1, 0.15) is 11.8 Å². The molecule has 0 spiro atoms. The highest BCUT2D eigenvalue weighted by atomic mass is 35.5. The van der Waals surface area contributed by atoms with Crippen LogP contribution in [-0.4, -0.2) is 46.3 Å². The first-order valence-corrected chi connectivity index (χ1v) is 7.57. The summed E-state index contributed by atoms with van der Waals surface area (Å²) >= 11 is 6.05. The predicted molar refractivity (Wildman–Crippen MR) is 80.6 cm³/mol. The number of amides is 3. The molecular formula is C15H13ClN2O6. The van der Waals surface area contributed by atoms with Gasteiger partial charge in [0.15, 0.2) is 6.61 Å². The molecule has 24 heavy (non-hydrogen) atoms. The summed E-state index contributed by atoms with van der Waals surface area (Å²) in [4.78, 5) is 47.9. The Kier molecular flexibility index (Phi) is 4.15. The lowest BCUT2D eigenvalue weighted by molar-refractivity contribution is -0.139. The zero-order chi connectivity index (χ0) is 17.4. The number of rotatable bonds is 4. The van der Waals surface area contributed by atoms with Gasteiger partial charge in [-0.25, -0.2) is 4.79 Å². The lowest BCUT2D eigenvalue weighted by atomic mass is 10.0. The van der Waals surface area contributed by atoms with Gasteiger partial charge >= 0.3 is 5.97 Å². The van der Waals surface area contributed by atoms with Crippen LogP contribution in [0.5, 0.6) is 5.75 Å². The minimum Gasteiger partial charge on any atom is -0.480 e. The number of carboxylic acids is 1. The van der Waals surface area contributed by atoms with Crippen molar-refractivity contribution in [3.05, 3.63) is 28.3 Å². The lowest BCUT2D eigenvalue weighted by Gasteiger charge is -2.29. The van der Waals surface area contributed by atoms with Crippen molar-refractivity contribution >= 4 is 35.3 Å². The number of hydrogen-bond donors (Lipinski definition) is 2. The van der Waals surface area contributed by atoms with Gasteiger partial charge in [0.2, 0.25) is 11.8 Å². The number of imide groups is 1. The zero-order valence-corrected chi connectivity index (χ0v) is 13.1. The Morgan fingerprint density at radius 3 is 2.79 bits per heavy atom. The average molecular weight is 353 g/mol. The van der Waals surface area contributed by atoms with Crippen molar-refractivity contribution in [2.45, 2.75) is 25.4 Å². The number of piperidine rings is 1. The van der Waals surface area contributed by atoms with E-state index in [1.807, 2.05) is 0 Å². The summed E-state index contributed by atoms with van der Waals surface area (Å²) in [6.45, 7) is -0.529. The van der Waals surface area contributed by atoms with Crippen LogP contribution < -0.4 is 10.1 Å². The van der Waals surface area contributed by atoms with Crippen LogP contribution in [0.1, 0.15) is 28.8 Å². The number of carbonyl (C=O) groups excluding carboxylic acids is 3. The maximum absolute atomic E-state index is 12.6. The molecule has 1 aromatic carbocycles. The van der Waals surface area contributed by atoms with Crippen molar-refractivity contribution in [2.75, 3.05) is 6.61 Å². The minimum atomic E-state index is -1.17. The highest BCUT2D eigenvalue weighted by molar-refractivity contribution is 6.32. The van der Waals surface area contributed by atoms with Crippen molar-refractivity contribution in [1.82, 2.24) is 10.2 Å². The SMILES string of the molecule is O=C(O)COc1c(Cl)ccc2c1CN(C1CCC(=O)NC1=O)C2=O. The van der Waals surface area contributed by atoms with E-state index in [-0.39, 0.29) is 42.0 Å². The second-order valence-corrected chi connectivity index (χ2v) is 5.89. The van der Waals surface area contributed by atoms with Crippen molar-refractivity contribution in [2.24, 2.45) is 0 Å². The molecule has 0 radical (unpaired) electrons. The van der Waals surface area contributed by atoms with Crippen molar-refractivity contribution in [3.63, 3.8) is 0 Å². The largest absolute Gasteiger partial charge is 0.480 e. The number of nitrogens with one attached hydrogen (secondary N) is 1. The monoisotopic (exact) mass is 352 g/mol. The van der Waals surface area contributed by atoms with Gasteiger partial charge in [-0.05, 0) is 18.6 Å². The molecule has 3 rings (SSSR count). The molecule has 0 aromatic heterocycles. The van der Waals surface area contributed by atoms with E-state index in [0.29, 0.717) is 11.1 Å². The lowest BCUT2D eigenvalue weighted by Crippen LogP contribution is -2.52. The number of halogens is 1. The molecule has 9 heteroatoms. The number of benzene rings is 1. The molecule has 3 amide bonds. The van der Waals surface area contributed by atoms with Crippen molar-refractivity contribution in [1.29, 1.82) is 0 Å². The molecule has 1 saturated heterocycles. The third-order valence-corrected chi connectivity index (χ3v) is 4.26. The Morgan fingerprint density at radius 2 is 2.12 bits per heavy atom. The number of carboxylic acid groups (broad SMARTS) is 1. The second kappa shape index (κ2) is 6.12. The van der Waals surface area contributed by atoms with Gasteiger partial charge in [0.25, 0.3) is 5.91 Å². The van der Waals surface area contributed by atoms with Crippen LogP contribution in [-0.2, 0) is 20.9 Å². The second-order valence-electron chi connectivity index (χ2n) is 5.48. The Morgan fingerprint density at radius 1 is 1.38 bits per heavy atom. The molecular weight excluding hydrogens is 340 g/mol. The van der Waals surface area contributed by atoms with Gasteiger partial charge in [-0.2, -0.15) is 0 Å². The van der Waals surface area contributed by atoms with Crippen LogP contribution in [0.15, 0.2) is 12.1 Å². The molecule has 0 aliphatic carbocycles. The molecule has 8 nitrogen and oxygen atoms in total. The van der Waals surface area contributed by atoms with Gasteiger partial charge in [-0.3, -0.25) is 19.7 Å². The Bertz CT molecular complexity index is 763. The first-order chi connectivity index (χ1) is 11.4. The smallest absolute Gasteiger partial charge is 0.341 e. The highest BCUT2D eigenvalue weighted by Gasteiger charge is 2.40. The van der Waals surface area contributed by atoms with Crippen LogP contribution in [0.4, 0.5) is 0 Å². The van der Waals surface area contributed by atoms with Crippen LogP contribution in [0.25, 0.3) is 0 Å². The summed E-state index contributed by atoms with van der Waals surface area (Å²) in [6.07, 6.45) is 0.392. The predicted octanol–water partition coefficient (Wildman–Crippen LogP) is 0.564. The fourth-order valence-corrected chi connectivity index (χ4v) is 3.11. The normalized spacial score (nSPS) is 20.0. The Hall–Kier alpha value is -2.61. The van der Waals surface area contributed by atoms with Gasteiger partial charge in [0, 0.05) is 17.5 Å². The van der Waals surface area contributed by atoms with Crippen LogP contribution >= 0.6 is 11.6 Å². The zero-order valence-electron chi connectivity index (χ0n) is 12.4. The summed E-state index contributed by atoms with van der Waals surface area (Å²) in [5.74, 6) is -2.31. The molecule has 126 valence electrons. The summed E-state index contributed by atoms with van der Waals surface area (Å²) < 4.78 is 5.20. The maximum Gasteiger partial charge on any atom is 0.341 e. The molecule has 1 unspecified atom stereocenters. The van der Waals surface area contributed by atoms with Gasteiger partial charge < -0.3 is 14.7 Å². The summed E-state index contributed by atoms with van der Waals surface area (Å²) in [6, 6.07) is 2.21. The highest BCUT2D eigenvalue weighted by Crippen LogP contribution is 2.38. The van der Waals surface area contributed by atoms with E-state index in [4.69, 9.17) is 21.4 Å². The molecule has 0 saturated carbocycles. The minimum absolute atomic E-state index is 0.0654. The van der Waals surface area contributed by atoms with E-state index in [1.54, 1.807) is 0 Å². The number of aliphatic carboxylic acids is 1. The third kappa shape index (κ3) is 2.80. The molecule has 2 N–H and O–H groups in total. The summed E-state index contributed by atoms with van der Waals surface area (Å²) in [5, 5.41) is 11.2. The van der Waals surface area contributed by atoms with Crippen LogP contribution in [0.2, 0.25) is 5.02 Å². The van der Waals surface area contributed by atoms with Crippen LogP contribution in [0.3, 0.4) is 0 Å². The first kappa shape index (κ1) is 16.3. The number of ether oxygens (including phenoxy) is 1. The van der Waals surface area contributed by atoms with E-state index >= 15 is 0 Å². The fourth-order valence-electron chi connectivity index (χ4n) is 2.87. The van der Waals surface area contributed by atoms with Crippen LogP contribution in [0, 0.1) is 0 Å². The summed E-state index contributed by atoms with van der Waals surface area (Å²) in [5.41, 5.74) is 0.753. The number of nitrogens with zero attached hydrogens (tertiary/aromatic N) is 1. The number of carbonyl (C=O) groups is 4. The Labute approximate surface area is 141 Å². The molecule has 0 bridgehead atoms. The Balaban J connectivity index is 1.89. The molecule has 2 aliphatic rings. The fraction of sp³-hybridized carbons (Fsp3) is 0.333. The van der Waals surface area contributed by atoms with E-state index in [2.05, 4.69) is 5.32 Å². The third-order valence-electron chi connectivity index (χ3n) is 3.96. The standard InChI is InChI=1S/C15H13ClN2O6/c16-9-2-1-7-8(13(9)24-6-12(20)21)5-18(15(7)23)10-3-4-11(19)17-14(10)22/h1-2,10H,3-6H2,(H,20,21)(H,17,19,22). The molecule has 1 fully saturated rings. The van der Waals surface area contributed by atoms with Crippen molar-refractivity contribution in [3.8, 4) is 5.75 Å². The van der Waals surface area contributed by atoms with Gasteiger partial charge in [-0.1, -0.05) is 11.6 Å². The first-order valence-electron chi connectivity index (χ1n) is 7.19. The van der Waals surface area contributed by atoms with E-state index in [9.17, 15) is 19.2 Å². The maximum atomic E-state index is 12.6. The van der Waals surface area contributed by atoms with E-state index in [1.165, 1.54) is 17.0 Å². The number of fused-ring (bicyclic) bond motifs is 1. The topological polar surface area (TPSA) is 113 Å². The molecule has 1 aromatic rings. The van der Waals surface area contributed by atoms with Crippen molar-refractivity contribution < 1.29 is 29.0 Å². The molecule has 1 atom stereocenters. The molecule has 2 heterocycles. The van der Waals surface area contributed by atoms with E-state index < -0.39 is 24.5 Å². The van der Waals surface area contributed by atoms with E-state index in [0.717, 1.165) is 0 Å². The quantitative estimate of drug-likeness (QED) is 0.766. The van der Waals surface area contributed by atoms with Gasteiger partial charge in [0.05, 0.1) is 11.6 Å².